The van der Waals surface area contributed by atoms with Gasteiger partial charge in [-0.1, -0.05) is 284 Å². The van der Waals surface area contributed by atoms with E-state index in [9.17, 15) is 14.4 Å². The second-order valence-electron chi connectivity index (χ2n) is 19.0. The molecule has 3 saturated carbocycles. The molecule has 0 unspecified atom stereocenters. The topological polar surface area (TPSA) is 51.2 Å². The summed E-state index contributed by atoms with van der Waals surface area (Å²) < 4.78 is 0. The normalized spacial score (nSPS) is 15.3. The molecule has 0 aromatic heterocycles. The van der Waals surface area contributed by atoms with E-state index in [0.29, 0.717) is 7.92 Å². The molecular weight excluding hydrogens is 1120 g/mol. The van der Waals surface area contributed by atoms with Gasteiger partial charge in [0, 0.05) is 40.8 Å². The SMILES string of the molecule is C1CCC(P(C2CCCCC2)C2CCCCC2)CC1.O=C(C=Cc1ccccc1)C=Cc1ccccc1.O=C(C=Cc1ccccc1)C=Cc1ccccc1.O=C(C=Cc1ccccc1)C=Cc1ccccc1.[Pd].[Pd]. The fourth-order valence-corrected chi connectivity index (χ4v) is 14.3. The maximum atomic E-state index is 11.6. The number of benzene rings is 6. The first-order chi connectivity index (χ1) is 36.0. The molecule has 3 nitrogen and oxygen atoms in total. The Balaban J connectivity index is 0.000000214. The number of carbonyl (C=O) groups is 3. The Morgan fingerprint density at radius 2 is 0.427 bits per heavy atom. The van der Waals surface area contributed by atoms with E-state index < -0.39 is 0 Å². The van der Waals surface area contributed by atoms with Gasteiger partial charge in [0.15, 0.2) is 17.3 Å². The first-order valence-electron chi connectivity index (χ1n) is 26.8. The number of carbonyl (C=O) groups excluding carboxylic acids is 3. The summed E-state index contributed by atoms with van der Waals surface area (Å²) in [5, 5.41) is 0. The maximum absolute atomic E-state index is 11.6. The minimum Gasteiger partial charge on any atom is -0.290 e. The molecule has 0 aliphatic heterocycles. The van der Waals surface area contributed by atoms with Crippen molar-refractivity contribution in [2.45, 2.75) is 113 Å². The van der Waals surface area contributed by atoms with E-state index in [4.69, 9.17) is 0 Å². The van der Waals surface area contributed by atoms with Crippen molar-refractivity contribution >= 4 is 61.7 Å². The zero-order valence-corrected chi connectivity index (χ0v) is 47.4. The number of rotatable bonds is 15. The van der Waals surface area contributed by atoms with Crippen LogP contribution in [0, 0.1) is 0 Å². The summed E-state index contributed by atoms with van der Waals surface area (Å²) in [5.74, 6) is -0.0341. The Morgan fingerprint density at radius 3 is 0.587 bits per heavy atom. The Kier molecular flexibility index (Phi) is 31.6. The van der Waals surface area contributed by atoms with Crippen molar-refractivity contribution in [2.24, 2.45) is 0 Å². The van der Waals surface area contributed by atoms with E-state index in [-0.39, 0.29) is 58.2 Å². The van der Waals surface area contributed by atoms with Crippen molar-refractivity contribution in [3.05, 3.63) is 252 Å². The molecule has 3 fully saturated rings. The molecule has 0 bridgehead atoms. The third-order valence-corrected chi connectivity index (χ3v) is 17.5. The van der Waals surface area contributed by atoms with Crippen LogP contribution in [0.25, 0.3) is 36.5 Å². The molecule has 9 rings (SSSR count). The molecule has 0 heterocycles. The number of hydrogen-bond donors (Lipinski definition) is 0. The average Bonchev–Trinajstić information content (AvgIpc) is 3.47. The van der Waals surface area contributed by atoms with Crippen LogP contribution in [-0.2, 0) is 55.2 Å². The van der Waals surface area contributed by atoms with Gasteiger partial charge in [0.2, 0.25) is 0 Å². The fraction of sp³-hybridized carbons (Fsp3) is 0.261. The maximum Gasteiger partial charge on any atom is 0.178 e. The van der Waals surface area contributed by atoms with Crippen LogP contribution in [0.3, 0.4) is 0 Å². The van der Waals surface area contributed by atoms with Gasteiger partial charge in [-0.15, -0.1) is 0 Å². The first kappa shape index (κ1) is 62.1. The van der Waals surface area contributed by atoms with E-state index >= 15 is 0 Å². The molecule has 0 saturated heterocycles. The molecule has 0 spiro atoms. The van der Waals surface area contributed by atoms with Crippen molar-refractivity contribution < 1.29 is 55.2 Å². The Hall–Kier alpha value is -5.48. The molecule has 0 atom stereocenters. The predicted octanol–water partition coefficient (Wildman–Crippen LogP) is 18.4. The summed E-state index contributed by atoms with van der Waals surface area (Å²) in [6, 6.07) is 58.7. The molecule has 75 heavy (non-hydrogen) atoms. The summed E-state index contributed by atoms with van der Waals surface area (Å²) in [6.07, 6.45) is 44.0. The van der Waals surface area contributed by atoms with E-state index in [1.807, 2.05) is 218 Å². The number of hydrogen-bond acceptors (Lipinski definition) is 3. The minimum absolute atomic E-state index is 0. The summed E-state index contributed by atoms with van der Waals surface area (Å²) in [7, 11) is 0.385. The third-order valence-electron chi connectivity index (χ3n) is 13.4. The van der Waals surface area contributed by atoms with E-state index in [1.165, 1.54) is 36.2 Å². The van der Waals surface area contributed by atoms with Crippen LogP contribution >= 0.6 is 7.92 Å². The first-order valence-corrected chi connectivity index (χ1v) is 28.3. The van der Waals surface area contributed by atoms with Crippen LogP contribution in [-0.4, -0.2) is 34.3 Å². The molecule has 0 amide bonds. The second kappa shape index (κ2) is 38.1. The van der Waals surface area contributed by atoms with Gasteiger partial charge in [-0.05, 0) is 125 Å². The zero-order chi connectivity index (χ0) is 50.8. The number of ketones is 3. The van der Waals surface area contributed by atoms with Gasteiger partial charge in [-0.25, -0.2) is 0 Å². The van der Waals surface area contributed by atoms with Crippen LogP contribution in [0.15, 0.2) is 218 Å². The van der Waals surface area contributed by atoms with Gasteiger partial charge in [0.1, 0.15) is 0 Å². The average molecular weight is 1200 g/mol. The largest absolute Gasteiger partial charge is 0.290 e. The van der Waals surface area contributed by atoms with Crippen LogP contribution in [0.5, 0.6) is 0 Å². The Morgan fingerprint density at radius 1 is 0.267 bits per heavy atom. The van der Waals surface area contributed by atoms with Crippen LogP contribution < -0.4 is 0 Å². The van der Waals surface area contributed by atoms with E-state index in [2.05, 4.69) is 0 Å². The summed E-state index contributed by atoms with van der Waals surface area (Å²) in [6.45, 7) is 0. The predicted molar refractivity (Wildman–Crippen MR) is 315 cm³/mol. The van der Waals surface area contributed by atoms with E-state index in [1.54, 1.807) is 114 Å². The summed E-state index contributed by atoms with van der Waals surface area (Å²) in [4.78, 5) is 34.8. The van der Waals surface area contributed by atoms with Gasteiger partial charge in [-0.2, -0.15) is 0 Å². The summed E-state index contributed by atoms with van der Waals surface area (Å²) >= 11 is 0. The molecule has 394 valence electrons. The molecule has 6 aromatic carbocycles. The van der Waals surface area contributed by atoms with Crippen molar-refractivity contribution in [1.82, 2.24) is 0 Å². The van der Waals surface area contributed by atoms with Crippen molar-refractivity contribution in [2.75, 3.05) is 0 Å². The zero-order valence-electron chi connectivity index (χ0n) is 43.4. The quantitative estimate of drug-likeness (QED) is 0.0585. The molecule has 6 heteroatoms. The van der Waals surface area contributed by atoms with Gasteiger partial charge in [0.05, 0.1) is 0 Å². The number of allylic oxidation sites excluding steroid dienone is 6. The molecule has 0 radical (unpaired) electrons. The van der Waals surface area contributed by atoms with Crippen LogP contribution in [0.1, 0.15) is 130 Å². The minimum atomic E-state index is -0.0114. The standard InChI is InChI=1S/C18H33P.3C17H14O.2Pd/c1-4-10-16(11-5-1)19(17-12-6-2-7-13-17)18-14-8-3-9-15-18;3*18-17(13-11-15-7-3-1-4-8-15)14-12-16-9-5-2-6-10-16;;/h16-18H,1-15H2;3*1-14H;;. The van der Waals surface area contributed by atoms with Gasteiger partial charge >= 0.3 is 0 Å². The molecule has 0 N–H and O–H groups in total. The molecular formula is C69H75O3PPd2. The van der Waals surface area contributed by atoms with Crippen molar-refractivity contribution in [1.29, 1.82) is 0 Å². The third kappa shape index (κ3) is 25.7. The summed E-state index contributed by atoms with van der Waals surface area (Å²) in [5.41, 5.74) is 9.73. The Bertz CT molecular complexity index is 2190. The smallest absolute Gasteiger partial charge is 0.178 e. The Labute approximate surface area is 478 Å². The van der Waals surface area contributed by atoms with Crippen molar-refractivity contribution in [3.8, 4) is 0 Å². The second-order valence-corrected chi connectivity index (χ2v) is 22.1. The monoisotopic (exact) mass is 1190 g/mol. The van der Waals surface area contributed by atoms with E-state index in [0.717, 1.165) is 33.4 Å². The van der Waals surface area contributed by atoms with Crippen molar-refractivity contribution in [3.63, 3.8) is 0 Å². The molecule has 3 aliphatic carbocycles. The molecule has 3 aliphatic rings. The van der Waals surface area contributed by atoms with Gasteiger partial charge < -0.3 is 0 Å². The van der Waals surface area contributed by atoms with Crippen LogP contribution in [0.4, 0.5) is 0 Å². The molecule has 6 aromatic rings. The van der Waals surface area contributed by atoms with Crippen LogP contribution in [0.2, 0.25) is 0 Å². The van der Waals surface area contributed by atoms with Gasteiger partial charge in [-0.3, -0.25) is 14.4 Å². The van der Waals surface area contributed by atoms with Gasteiger partial charge in [0.25, 0.3) is 0 Å². The fourth-order valence-electron chi connectivity index (χ4n) is 9.65.